The van der Waals surface area contributed by atoms with E-state index in [0.29, 0.717) is 5.56 Å². The standard InChI is InChI=1S/C18H19NO8/c1-25-13-5-4-9(6-12(13)20)10(7-14(21)26-2)15-16(22)11(18(24)27-3)8-19-17(15)23/h4-6,8,10,20H,7H2,1-3H3,(H2,19,22,23)/t10-/m1/s1. The van der Waals surface area contributed by atoms with Crippen molar-refractivity contribution in [3.63, 3.8) is 0 Å². The van der Waals surface area contributed by atoms with Crippen LogP contribution in [0.25, 0.3) is 0 Å². The summed E-state index contributed by atoms with van der Waals surface area (Å²) in [5.74, 6) is -3.16. The van der Waals surface area contributed by atoms with Crippen molar-refractivity contribution in [1.29, 1.82) is 0 Å². The summed E-state index contributed by atoms with van der Waals surface area (Å²) in [5.41, 5.74) is -0.863. The van der Waals surface area contributed by atoms with Crippen LogP contribution < -0.4 is 10.3 Å². The van der Waals surface area contributed by atoms with E-state index in [1.165, 1.54) is 32.4 Å². The molecule has 0 spiro atoms. The Morgan fingerprint density at radius 1 is 1.15 bits per heavy atom. The number of H-pyrrole nitrogens is 1. The summed E-state index contributed by atoms with van der Waals surface area (Å²) in [6.07, 6.45) is 0.706. The van der Waals surface area contributed by atoms with Gasteiger partial charge in [-0.25, -0.2) is 4.79 Å². The minimum Gasteiger partial charge on any atom is -0.506 e. The average molecular weight is 377 g/mol. The van der Waals surface area contributed by atoms with Crippen molar-refractivity contribution in [1.82, 2.24) is 4.98 Å². The van der Waals surface area contributed by atoms with E-state index in [1.807, 2.05) is 0 Å². The first kappa shape index (κ1) is 19.8. The molecule has 1 aromatic heterocycles. The van der Waals surface area contributed by atoms with Gasteiger partial charge in [-0.15, -0.1) is 0 Å². The molecule has 1 heterocycles. The van der Waals surface area contributed by atoms with Crippen LogP contribution in [0.2, 0.25) is 0 Å². The average Bonchev–Trinajstić information content (AvgIpc) is 2.66. The van der Waals surface area contributed by atoms with Crippen LogP contribution in [0, 0.1) is 0 Å². The van der Waals surface area contributed by atoms with Crippen molar-refractivity contribution in [2.45, 2.75) is 12.3 Å². The van der Waals surface area contributed by atoms with Gasteiger partial charge in [0.05, 0.1) is 33.3 Å². The molecule has 9 nitrogen and oxygen atoms in total. The molecule has 144 valence electrons. The zero-order valence-corrected chi connectivity index (χ0v) is 14.9. The Kier molecular flexibility index (Phi) is 6.07. The number of esters is 2. The molecule has 27 heavy (non-hydrogen) atoms. The molecular weight excluding hydrogens is 358 g/mol. The number of aromatic nitrogens is 1. The molecule has 0 saturated carbocycles. The van der Waals surface area contributed by atoms with E-state index in [0.717, 1.165) is 13.3 Å². The molecule has 0 aliphatic rings. The number of methoxy groups -OCH3 is 3. The lowest BCUT2D eigenvalue weighted by atomic mass is 9.87. The van der Waals surface area contributed by atoms with Gasteiger partial charge in [-0.1, -0.05) is 6.07 Å². The van der Waals surface area contributed by atoms with Crippen LogP contribution in [0.5, 0.6) is 17.2 Å². The lowest BCUT2D eigenvalue weighted by Crippen LogP contribution is -2.22. The summed E-state index contributed by atoms with van der Waals surface area (Å²) in [7, 11) is 3.68. The third-order valence-corrected chi connectivity index (χ3v) is 4.06. The highest BCUT2D eigenvalue weighted by atomic mass is 16.5. The fourth-order valence-corrected chi connectivity index (χ4v) is 2.69. The highest BCUT2D eigenvalue weighted by Crippen LogP contribution is 2.37. The second-order valence-electron chi connectivity index (χ2n) is 5.55. The zero-order valence-electron chi connectivity index (χ0n) is 14.9. The molecule has 0 fully saturated rings. The first-order chi connectivity index (χ1) is 12.8. The maximum Gasteiger partial charge on any atom is 0.343 e. The van der Waals surface area contributed by atoms with Crippen molar-refractivity contribution in [3.8, 4) is 17.2 Å². The third kappa shape index (κ3) is 4.02. The summed E-state index contributed by atoms with van der Waals surface area (Å²) < 4.78 is 14.2. The minimum absolute atomic E-state index is 0.192. The van der Waals surface area contributed by atoms with Crippen LogP contribution in [0.15, 0.2) is 29.2 Å². The molecule has 0 radical (unpaired) electrons. The molecule has 0 aliphatic heterocycles. The first-order valence-corrected chi connectivity index (χ1v) is 7.80. The number of ether oxygens (including phenoxy) is 3. The van der Waals surface area contributed by atoms with Gasteiger partial charge in [0.25, 0.3) is 5.56 Å². The molecule has 0 amide bonds. The Labute approximate surface area is 154 Å². The van der Waals surface area contributed by atoms with Crippen LogP contribution in [0.4, 0.5) is 0 Å². The normalized spacial score (nSPS) is 11.5. The number of hydrogen-bond donors (Lipinski definition) is 3. The number of carbonyl (C=O) groups is 2. The predicted molar refractivity (Wildman–Crippen MR) is 93.2 cm³/mol. The summed E-state index contributed by atoms with van der Waals surface area (Å²) >= 11 is 0. The monoisotopic (exact) mass is 377 g/mol. The zero-order chi connectivity index (χ0) is 20.1. The van der Waals surface area contributed by atoms with E-state index in [9.17, 15) is 24.6 Å². The van der Waals surface area contributed by atoms with Gasteiger partial charge >= 0.3 is 11.9 Å². The van der Waals surface area contributed by atoms with E-state index in [4.69, 9.17) is 4.74 Å². The van der Waals surface area contributed by atoms with Crippen LogP contribution in [-0.2, 0) is 14.3 Å². The van der Waals surface area contributed by atoms with E-state index in [1.54, 1.807) is 0 Å². The Morgan fingerprint density at radius 3 is 2.41 bits per heavy atom. The highest BCUT2D eigenvalue weighted by Gasteiger charge is 2.28. The van der Waals surface area contributed by atoms with Crippen LogP contribution in [0.1, 0.15) is 33.8 Å². The molecule has 0 unspecified atom stereocenters. The number of carbonyl (C=O) groups excluding carboxylic acids is 2. The van der Waals surface area contributed by atoms with Crippen LogP contribution >= 0.6 is 0 Å². The molecule has 0 saturated heterocycles. The van der Waals surface area contributed by atoms with E-state index < -0.39 is 29.2 Å². The second kappa shape index (κ2) is 8.26. The molecule has 9 heteroatoms. The number of pyridine rings is 1. The SMILES string of the molecule is COC(=O)C[C@H](c1ccc(OC)c(O)c1)c1c(O)c(C(=O)OC)c[nH]c1=O. The Balaban J connectivity index is 2.68. The van der Waals surface area contributed by atoms with Crippen molar-refractivity contribution in [2.75, 3.05) is 21.3 Å². The Morgan fingerprint density at radius 2 is 1.85 bits per heavy atom. The van der Waals surface area contributed by atoms with Crippen molar-refractivity contribution < 1.29 is 34.0 Å². The van der Waals surface area contributed by atoms with Crippen molar-refractivity contribution in [3.05, 3.63) is 51.4 Å². The van der Waals surface area contributed by atoms with Gasteiger partial charge in [0, 0.05) is 12.1 Å². The number of aromatic hydroxyl groups is 2. The fourth-order valence-electron chi connectivity index (χ4n) is 2.69. The van der Waals surface area contributed by atoms with Gasteiger partial charge in [0.1, 0.15) is 11.3 Å². The molecule has 3 N–H and O–H groups in total. The summed E-state index contributed by atoms with van der Waals surface area (Å²) in [6.45, 7) is 0. The molecular formula is C18H19NO8. The maximum absolute atomic E-state index is 12.4. The van der Waals surface area contributed by atoms with Gasteiger partial charge in [-0.2, -0.15) is 0 Å². The molecule has 2 rings (SSSR count). The number of hydrogen-bond acceptors (Lipinski definition) is 8. The van der Waals surface area contributed by atoms with Gasteiger partial charge in [0.2, 0.25) is 0 Å². The van der Waals surface area contributed by atoms with Crippen molar-refractivity contribution in [2.24, 2.45) is 0 Å². The third-order valence-electron chi connectivity index (χ3n) is 4.06. The largest absolute Gasteiger partial charge is 0.506 e. The Hall–Kier alpha value is -3.49. The number of nitrogens with one attached hydrogen (secondary N) is 1. The van der Waals surface area contributed by atoms with E-state index >= 15 is 0 Å². The number of phenols is 1. The first-order valence-electron chi connectivity index (χ1n) is 7.80. The number of phenolic OH excluding ortho intramolecular Hbond substituents is 1. The van der Waals surface area contributed by atoms with Crippen molar-refractivity contribution >= 4 is 11.9 Å². The molecule has 1 atom stereocenters. The van der Waals surface area contributed by atoms with E-state index in [2.05, 4.69) is 14.5 Å². The topological polar surface area (TPSA) is 135 Å². The smallest absolute Gasteiger partial charge is 0.343 e. The van der Waals surface area contributed by atoms with E-state index in [-0.39, 0.29) is 29.0 Å². The second-order valence-corrected chi connectivity index (χ2v) is 5.55. The predicted octanol–water partition coefficient (Wildman–Crippen LogP) is 1.28. The lowest BCUT2D eigenvalue weighted by Gasteiger charge is -2.19. The molecule has 1 aromatic carbocycles. The Bertz CT molecular complexity index is 918. The molecule has 0 bridgehead atoms. The van der Waals surface area contributed by atoms with Crippen LogP contribution in [0.3, 0.4) is 0 Å². The molecule has 2 aromatic rings. The number of aromatic amines is 1. The number of benzene rings is 1. The quantitative estimate of drug-likeness (QED) is 0.641. The minimum atomic E-state index is -0.998. The summed E-state index contributed by atoms with van der Waals surface area (Å²) in [6, 6.07) is 4.27. The van der Waals surface area contributed by atoms with Gasteiger partial charge < -0.3 is 29.4 Å². The van der Waals surface area contributed by atoms with Gasteiger partial charge in [-0.05, 0) is 17.7 Å². The summed E-state index contributed by atoms with van der Waals surface area (Å²) in [4.78, 5) is 38.4. The summed E-state index contributed by atoms with van der Waals surface area (Å²) in [5, 5.41) is 20.5. The number of rotatable bonds is 6. The highest BCUT2D eigenvalue weighted by molar-refractivity contribution is 5.92. The maximum atomic E-state index is 12.4. The van der Waals surface area contributed by atoms with Gasteiger partial charge in [-0.3, -0.25) is 9.59 Å². The van der Waals surface area contributed by atoms with Gasteiger partial charge in [0.15, 0.2) is 11.5 Å². The molecule has 0 aliphatic carbocycles. The lowest BCUT2D eigenvalue weighted by molar-refractivity contribution is -0.140. The fraction of sp³-hybridized carbons (Fsp3) is 0.278. The van der Waals surface area contributed by atoms with Crippen LogP contribution in [-0.4, -0.2) is 48.5 Å².